The van der Waals surface area contributed by atoms with Crippen LogP contribution in [0.3, 0.4) is 0 Å². The third-order valence-corrected chi connectivity index (χ3v) is 2.31. The van der Waals surface area contributed by atoms with Crippen molar-refractivity contribution < 1.29 is 10.3 Å². The highest BCUT2D eigenvalue weighted by Crippen LogP contribution is 2.30. The lowest BCUT2D eigenvalue weighted by molar-refractivity contribution is 0.0193. The molecule has 66 valence electrons. The molecule has 0 aliphatic rings. The van der Waals surface area contributed by atoms with Crippen molar-refractivity contribution >= 4 is 5.71 Å². The van der Waals surface area contributed by atoms with Crippen LogP contribution in [0.1, 0.15) is 34.6 Å². The molecule has 0 amide bonds. The summed E-state index contributed by atoms with van der Waals surface area (Å²) in [6.07, 6.45) is 0. The summed E-state index contributed by atoms with van der Waals surface area (Å²) in [7, 11) is 0. The van der Waals surface area contributed by atoms with E-state index in [-0.39, 0.29) is 5.41 Å². The van der Waals surface area contributed by atoms with Crippen molar-refractivity contribution in [1.29, 1.82) is 0 Å². The molecule has 0 spiro atoms. The minimum atomic E-state index is -1.05. The molecule has 3 nitrogen and oxygen atoms in total. The Balaban J connectivity index is 4.74. The van der Waals surface area contributed by atoms with Gasteiger partial charge in [0.05, 0.1) is 5.71 Å². The summed E-state index contributed by atoms with van der Waals surface area (Å²) in [5.74, 6) is 0. The van der Waals surface area contributed by atoms with Gasteiger partial charge in [-0.1, -0.05) is 25.9 Å². The molecule has 0 heterocycles. The van der Waals surface area contributed by atoms with Crippen LogP contribution in [0.4, 0.5) is 0 Å². The fourth-order valence-electron chi connectivity index (χ4n) is 0.640. The van der Waals surface area contributed by atoms with E-state index in [4.69, 9.17) is 5.21 Å². The van der Waals surface area contributed by atoms with Gasteiger partial charge in [-0.3, -0.25) is 0 Å². The largest absolute Gasteiger partial charge is 0.411 e. The van der Waals surface area contributed by atoms with Crippen LogP contribution in [0.5, 0.6) is 0 Å². The number of hydrogen-bond acceptors (Lipinski definition) is 3. The van der Waals surface area contributed by atoms with Gasteiger partial charge in [0.25, 0.3) is 0 Å². The van der Waals surface area contributed by atoms with Gasteiger partial charge in [0.15, 0.2) is 0 Å². The van der Waals surface area contributed by atoms with Gasteiger partial charge in [0, 0.05) is 0 Å². The van der Waals surface area contributed by atoms with E-state index in [0.717, 1.165) is 0 Å². The molecule has 0 saturated carbocycles. The van der Waals surface area contributed by atoms with Crippen LogP contribution in [-0.4, -0.2) is 21.6 Å². The summed E-state index contributed by atoms with van der Waals surface area (Å²) in [4.78, 5) is 0. The molecule has 0 unspecified atom stereocenters. The molecule has 0 fully saturated rings. The quantitative estimate of drug-likeness (QED) is 0.347. The first-order valence-corrected chi connectivity index (χ1v) is 3.65. The highest BCUT2D eigenvalue weighted by Gasteiger charge is 2.38. The smallest absolute Gasteiger partial charge is 0.108 e. The first-order chi connectivity index (χ1) is 4.73. The highest BCUT2D eigenvalue weighted by atomic mass is 16.4. The van der Waals surface area contributed by atoms with Crippen LogP contribution in [-0.2, 0) is 0 Å². The Morgan fingerprint density at radius 3 is 1.64 bits per heavy atom. The van der Waals surface area contributed by atoms with Crippen molar-refractivity contribution in [3.05, 3.63) is 0 Å². The minimum absolute atomic E-state index is 0.316. The number of hydrogen-bond donors (Lipinski definition) is 2. The van der Waals surface area contributed by atoms with E-state index >= 15 is 0 Å². The van der Waals surface area contributed by atoms with Crippen molar-refractivity contribution in [3.63, 3.8) is 0 Å². The molecule has 0 saturated heterocycles. The molecular formula is C8H17NO2. The third kappa shape index (κ3) is 1.93. The second-order valence-electron chi connectivity index (χ2n) is 4.01. The fourth-order valence-corrected chi connectivity index (χ4v) is 0.640. The first kappa shape index (κ1) is 10.4. The Kier molecular flexibility index (Phi) is 2.67. The summed E-state index contributed by atoms with van der Waals surface area (Å²) in [5, 5.41) is 21.3. The van der Waals surface area contributed by atoms with E-state index in [1.54, 1.807) is 13.8 Å². The molecule has 2 N–H and O–H groups in total. The van der Waals surface area contributed by atoms with Gasteiger partial charge < -0.3 is 10.3 Å². The fraction of sp³-hybridized carbons (Fsp3) is 0.875. The molecule has 11 heavy (non-hydrogen) atoms. The molecule has 1 atom stereocenters. The van der Waals surface area contributed by atoms with Gasteiger partial charge >= 0.3 is 0 Å². The van der Waals surface area contributed by atoms with Gasteiger partial charge in [0.2, 0.25) is 0 Å². The van der Waals surface area contributed by atoms with Crippen LogP contribution in [0.2, 0.25) is 0 Å². The zero-order chi connectivity index (χ0) is 9.28. The van der Waals surface area contributed by atoms with Gasteiger partial charge in [-0.2, -0.15) is 0 Å². The molecule has 0 radical (unpaired) electrons. The summed E-state index contributed by atoms with van der Waals surface area (Å²) >= 11 is 0. The molecule has 0 aromatic rings. The van der Waals surface area contributed by atoms with Crippen LogP contribution < -0.4 is 0 Å². The van der Waals surface area contributed by atoms with E-state index in [0.29, 0.717) is 5.71 Å². The Bertz CT molecular complexity index is 165. The first-order valence-electron chi connectivity index (χ1n) is 3.65. The number of aliphatic hydroxyl groups is 1. The third-order valence-electron chi connectivity index (χ3n) is 2.31. The predicted octanol–water partition coefficient (Wildman–Crippen LogP) is 1.63. The highest BCUT2D eigenvalue weighted by molar-refractivity contribution is 5.90. The second-order valence-corrected chi connectivity index (χ2v) is 4.01. The van der Waals surface area contributed by atoms with Crippen LogP contribution in [0, 0.1) is 5.41 Å². The Labute approximate surface area is 67.7 Å². The SMILES string of the molecule is C/C(=N\O)[C@](C)(O)C(C)(C)C. The monoisotopic (exact) mass is 159 g/mol. The minimum Gasteiger partial charge on any atom is -0.411 e. The summed E-state index contributed by atoms with van der Waals surface area (Å²) in [6.45, 7) is 8.92. The van der Waals surface area contributed by atoms with Crippen molar-refractivity contribution in [2.75, 3.05) is 0 Å². The normalized spacial score (nSPS) is 19.6. The Hall–Kier alpha value is -0.570. The Morgan fingerprint density at radius 1 is 1.18 bits per heavy atom. The van der Waals surface area contributed by atoms with Crippen molar-refractivity contribution in [2.24, 2.45) is 10.6 Å². The summed E-state index contributed by atoms with van der Waals surface area (Å²) in [6, 6.07) is 0. The maximum atomic E-state index is 9.83. The molecule has 0 aromatic carbocycles. The molecule has 0 bridgehead atoms. The molecule has 0 aliphatic heterocycles. The lowest BCUT2D eigenvalue weighted by Crippen LogP contribution is -2.46. The number of oxime groups is 1. The zero-order valence-corrected chi connectivity index (χ0v) is 7.84. The van der Waals surface area contributed by atoms with Gasteiger partial charge in [-0.05, 0) is 19.3 Å². The van der Waals surface area contributed by atoms with E-state index in [1.165, 1.54) is 0 Å². The zero-order valence-electron chi connectivity index (χ0n) is 7.84. The maximum absolute atomic E-state index is 9.83. The van der Waals surface area contributed by atoms with E-state index in [9.17, 15) is 5.11 Å². The Morgan fingerprint density at radius 2 is 1.55 bits per heavy atom. The summed E-state index contributed by atoms with van der Waals surface area (Å²) in [5.41, 5.74) is -1.03. The standard InChI is InChI=1S/C8H17NO2/c1-6(9-11)8(5,10)7(2,3)4/h10-11H,1-5H3/b9-6+/t8-/m0/s1. The van der Waals surface area contributed by atoms with Crippen molar-refractivity contribution in [2.45, 2.75) is 40.2 Å². The number of rotatable bonds is 1. The lowest BCUT2D eigenvalue weighted by atomic mass is 9.75. The van der Waals surface area contributed by atoms with Crippen LogP contribution in [0.15, 0.2) is 5.16 Å². The summed E-state index contributed by atoms with van der Waals surface area (Å²) < 4.78 is 0. The van der Waals surface area contributed by atoms with E-state index in [2.05, 4.69) is 5.16 Å². The van der Waals surface area contributed by atoms with Gasteiger partial charge in [-0.15, -0.1) is 0 Å². The molecule has 0 aromatic heterocycles. The van der Waals surface area contributed by atoms with E-state index in [1.807, 2.05) is 20.8 Å². The molecule has 3 heteroatoms. The lowest BCUT2D eigenvalue weighted by Gasteiger charge is -2.36. The van der Waals surface area contributed by atoms with E-state index < -0.39 is 5.60 Å². The molecule has 0 rings (SSSR count). The molecular weight excluding hydrogens is 142 g/mol. The topological polar surface area (TPSA) is 52.8 Å². The van der Waals surface area contributed by atoms with Crippen molar-refractivity contribution in [1.82, 2.24) is 0 Å². The average Bonchev–Trinajstić information content (AvgIpc) is 1.83. The van der Waals surface area contributed by atoms with Gasteiger partial charge in [0.1, 0.15) is 5.60 Å². The van der Waals surface area contributed by atoms with Gasteiger partial charge in [-0.25, -0.2) is 0 Å². The van der Waals surface area contributed by atoms with Crippen molar-refractivity contribution in [3.8, 4) is 0 Å². The maximum Gasteiger partial charge on any atom is 0.108 e. The second kappa shape index (κ2) is 2.81. The predicted molar refractivity (Wildman–Crippen MR) is 45.0 cm³/mol. The number of nitrogens with zero attached hydrogens (tertiary/aromatic N) is 1. The average molecular weight is 159 g/mol. The van der Waals surface area contributed by atoms with Crippen LogP contribution in [0.25, 0.3) is 0 Å². The molecule has 0 aliphatic carbocycles. The van der Waals surface area contributed by atoms with Crippen LogP contribution >= 0.6 is 0 Å².